The first-order valence-corrected chi connectivity index (χ1v) is 9.75. The molecule has 5 nitrogen and oxygen atoms in total. The van der Waals surface area contributed by atoms with E-state index in [1.54, 1.807) is 17.0 Å². The van der Waals surface area contributed by atoms with Gasteiger partial charge in [0.05, 0.1) is 12.0 Å². The van der Waals surface area contributed by atoms with Crippen LogP contribution in [0.2, 0.25) is 0 Å². The van der Waals surface area contributed by atoms with Gasteiger partial charge in [-0.05, 0) is 49.6 Å². The smallest absolute Gasteiger partial charge is 0.270 e. The molecule has 0 saturated heterocycles. The molecule has 1 atom stereocenters. The van der Waals surface area contributed by atoms with Gasteiger partial charge in [0.25, 0.3) is 5.91 Å². The van der Waals surface area contributed by atoms with Crippen LogP contribution in [-0.2, 0) is 6.42 Å². The minimum atomic E-state index is -0.153. The van der Waals surface area contributed by atoms with Crippen molar-refractivity contribution in [3.8, 4) is 17.1 Å². The number of amides is 1. The van der Waals surface area contributed by atoms with E-state index in [-0.39, 0.29) is 11.9 Å². The van der Waals surface area contributed by atoms with Gasteiger partial charge in [-0.15, -0.1) is 0 Å². The van der Waals surface area contributed by atoms with E-state index in [4.69, 9.17) is 4.42 Å². The van der Waals surface area contributed by atoms with Crippen LogP contribution in [0, 0.1) is 0 Å². The number of furan rings is 1. The number of hydrogen-bond donors (Lipinski definition) is 1. The minimum Gasteiger partial charge on any atom is -0.463 e. The number of nitrogens with one attached hydrogen (secondary N) is 1. The van der Waals surface area contributed by atoms with E-state index >= 15 is 0 Å². The van der Waals surface area contributed by atoms with Crippen LogP contribution in [0.5, 0.6) is 0 Å². The maximum Gasteiger partial charge on any atom is 0.270 e. The summed E-state index contributed by atoms with van der Waals surface area (Å²) in [7, 11) is 0. The zero-order valence-electron chi connectivity index (χ0n) is 16.3. The van der Waals surface area contributed by atoms with Gasteiger partial charge in [0, 0.05) is 12.1 Å². The molecule has 5 heteroatoms. The molecule has 29 heavy (non-hydrogen) atoms. The first kappa shape index (κ1) is 18.7. The van der Waals surface area contributed by atoms with Gasteiger partial charge in [-0.2, -0.15) is 5.10 Å². The standard InChI is InChI=1S/C24H23N3O2/c1-18(14-15-19-9-4-2-5-10-19)25-24(28)22-17-21(23-13-8-16-29-23)26-27(22)20-11-6-3-7-12-20/h2-13,16-18H,14-15H2,1H3,(H,25,28)/t18-/m1/s1. The molecule has 0 aliphatic rings. The van der Waals surface area contributed by atoms with Crippen LogP contribution < -0.4 is 5.32 Å². The van der Waals surface area contributed by atoms with Crippen molar-refractivity contribution in [2.24, 2.45) is 0 Å². The Hall–Kier alpha value is -3.60. The van der Waals surface area contributed by atoms with Gasteiger partial charge in [0.1, 0.15) is 11.4 Å². The first-order chi connectivity index (χ1) is 14.2. The molecule has 0 saturated carbocycles. The van der Waals surface area contributed by atoms with E-state index in [9.17, 15) is 4.79 Å². The SMILES string of the molecule is C[C@H](CCc1ccccc1)NC(=O)c1cc(-c2ccco2)nn1-c1ccccc1. The second-order valence-electron chi connectivity index (χ2n) is 7.04. The van der Waals surface area contributed by atoms with Crippen molar-refractivity contribution in [2.75, 3.05) is 0 Å². The van der Waals surface area contributed by atoms with Crippen LogP contribution in [0.4, 0.5) is 0 Å². The van der Waals surface area contributed by atoms with Crippen LogP contribution in [0.25, 0.3) is 17.1 Å². The Balaban J connectivity index is 1.53. The Labute approximate surface area is 170 Å². The van der Waals surface area contributed by atoms with Crippen molar-refractivity contribution in [1.29, 1.82) is 0 Å². The Morgan fingerprint density at radius 2 is 1.76 bits per heavy atom. The molecule has 1 N–H and O–H groups in total. The molecule has 2 aromatic heterocycles. The number of benzene rings is 2. The van der Waals surface area contributed by atoms with Crippen molar-refractivity contribution >= 4 is 5.91 Å². The highest BCUT2D eigenvalue weighted by molar-refractivity contribution is 5.94. The summed E-state index contributed by atoms with van der Waals surface area (Å²) >= 11 is 0. The molecule has 0 spiro atoms. The average Bonchev–Trinajstić information content (AvgIpc) is 3.43. The third-order valence-electron chi connectivity index (χ3n) is 4.80. The molecule has 0 aliphatic carbocycles. The zero-order chi connectivity index (χ0) is 20.1. The number of carbonyl (C=O) groups excluding carboxylic acids is 1. The molecule has 4 rings (SSSR count). The fourth-order valence-electron chi connectivity index (χ4n) is 3.25. The molecule has 4 aromatic rings. The zero-order valence-corrected chi connectivity index (χ0v) is 16.3. The maximum absolute atomic E-state index is 13.0. The number of para-hydroxylation sites is 1. The van der Waals surface area contributed by atoms with Gasteiger partial charge in [-0.1, -0.05) is 48.5 Å². The minimum absolute atomic E-state index is 0.0360. The van der Waals surface area contributed by atoms with E-state index in [2.05, 4.69) is 22.5 Å². The maximum atomic E-state index is 13.0. The summed E-state index contributed by atoms with van der Waals surface area (Å²) < 4.78 is 7.13. The predicted octanol–water partition coefficient (Wildman–Crippen LogP) is 4.88. The number of aryl methyl sites for hydroxylation is 1. The van der Waals surface area contributed by atoms with E-state index in [0.29, 0.717) is 17.1 Å². The molecular weight excluding hydrogens is 362 g/mol. The molecule has 2 aromatic carbocycles. The Morgan fingerprint density at radius 3 is 2.45 bits per heavy atom. The van der Waals surface area contributed by atoms with Crippen molar-refractivity contribution in [3.63, 3.8) is 0 Å². The topological polar surface area (TPSA) is 60.1 Å². The molecule has 0 unspecified atom stereocenters. The number of aromatic nitrogens is 2. The Bertz CT molecular complexity index is 1050. The van der Waals surface area contributed by atoms with Crippen LogP contribution in [-0.4, -0.2) is 21.7 Å². The highest BCUT2D eigenvalue weighted by Crippen LogP contribution is 2.22. The van der Waals surface area contributed by atoms with Gasteiger partial charge in [0.15, 0.2) is 5.76 Å². The Kier molecular flexibility index (Phi) is 5.56. The summed E-state index contributed by atoms with van der Waals surface area (Å²) in [5.74, 6) is 0.477. The third kappa shape index (κ3) is 4.46. The van der Waals surface area contributed by atoms with Crippen LogP contribution in [0.15, 0.2) is 89.5 Å². The van der Waals surface area contributed by atoms with E-state index in [1.807, 2.05) is 67.6 Å². The first-order valence-electron chi connectivity index (χ1n) is 9.75. The predicted molar refractivity (Wildman–Crippen MR) is 113 cm³/mol. The van der Waals surface area contributed by atoms with Gasteiger partial charge in [-0.3, -0.25) is 4.79 Å². The second-order valence-corrected chi connectivity index (χ2v) is 7.04. The molecule has 2 heterocycles. The molecule has 1 amide bonds. The molecule has 146 valence electrons. The molecular formula is C24H23N3O2. The fourth-order valence-corrected chi connectivity index (χ4v) is 3.25. The number of carbonyl (C=O) groups is 1. The summed E-state index contributed by atoms with van der Waals surface area (Å²) in [6.45, 7) is 2.03. The molecule has 0 aliphatic heterocycles. The lowest BCUT2D eigenvalue weighted by Crippen LogP contribution is -2.34. The lowest BCUT2D eigenvalue weighted by molar-refractivity contribution is 0.0930. The van der Waals surface area contributed by atoms with Gasteiger partial charge >= 0.3 is 0 Å². The van der Waals surface area contributed by atoms with Crippen molar-refractivity contribution in [3.05, 3.63) is 96.4 Å². The van der Waals surface area contributed by atoms with Crippen molar-refractivity contribution in [1.82, 2.24) is 15.1 Å². The van der Waals surface area contributed by atoms with Gasteiger partial charge in [-0.25, -0.2) is 4.68 Å². The monoisotopic (exact) mass is 385 g/mol. The third-order valence-corrected chi connectivity index (χ3v) is 4.80. The Morgan fingerprint density at radius 1 is 1.03 bits per heavy atom. The second kappa shape index (κ2) is 8.61. The van der Waals surface area contributed by atoms with Crippen LogP contribution in [0.3, 0.4) is 0 Å². The summed E-state index contributed by atoms with van der Waals surface area (Å²) in [5.41, 5.74) is 3.20. The van der Waals surface area contributed by atoms with Crippen LogP contribution >= 0.6 is 0 Å². The summed E-state index contributed by atoms with van der Waals surface area (Å²) in [6, 6.07) is 25.4. The molecule has 0 bridgehead atoms. The van der Waals surface area contributed by atoms with Crippen molar-refractivity contribution in [2.45, 2.75) is 25.8 Å². The summed E-state index contributed by atoms with van der Waals surface area (Å²) in [6.07, 6.45) is 3.38. The van der Waals surface area contributed by atoms with E-state index < -0.39 is 0 Å². The highest BCUT2D eigenvalue weighted by atomic mass is 16.3. The normalized spacial score (nSPS) is 11.9. The largest absolute Gasteiger partial charge is 0.463 e. The van der Waals surface area contributed by atoms with E-state index in [1.165, 1.54) is 5.56 Å². The quantitative estimate of drug-likeness (QED) is 0.493. The lowest BCUT2D eigenvalue weighted by Gasteiger charge is -2.14. The number of rotatable bonds is 7. The van der Waals surface area contributed by atoms with Gasteiger partial charge < -0.3 is 9.73 Å². The lowest BCUT2D eigenvalue weighted by atomic mass is 10.1. The molecule has 0 radical (unpaired) electrons. The highest BCUT2D eigenvalue weighted by Gasteiger charge is 2.20. The van der Waals surface area contributed by atoms with Crippen LogP contribution in [0.1, 0.15) is 29.4 Å². The fraction of sp³-hybridized carbons (Fsp3) is 0.167. The molecule has 0 fully saturated rings. The summed E-state index contributed by atoms with van der Waals surface area (Å²) in [4.78, 5) is 13.0. The van der Waals surface area contributed by atoms with E-state index in [0.717, 1.165) is 18.5 Å². The number of nitrogens with zero attached hydrogens (tertiary/aromatic N) is 2. The number of hydrogen-bond acceptors (Lipinski definition) is 3. The average molecular weight is 385 g/mol. The van der Waals surface area contributed by atoms with Gasteiger partial charge in [0.2, 0.25) is 0 Å². The van der Waals surface area contributed by atoms with Crippen molar-refractivity contribution < 1.29 is 9.21 Å². The summed E-state index contributed by atoms with van der Waals surface area (Å²) in [5, 5.41) is 7.71.